The number of hydrogen-bond acceptors (Lipinski definition) is 4. The van der Waals surface area contributed by atoms with E-state index >= 15 is 0 Å². The molecule has 80 valence electrons. The van der Waals surface area contributed by atoms with E-state index in [1.807, 2.05) is 0 Å². The number of carboxylic acids is 1. The summed E-state index contributed by atoms with van der Waals surface area (Å²) < 4.78 is 0. The standard InChI is InChI=1S/C7H12NO5P/c1-5(10)8-6(7(11)12)2-3-14(13)4-9/h3,6,9H,2,4H2,1H3,(H,8,10)(H,11,12). The summed E-state index contributed by atoms with van der Waals surface area (Å²) in [6, 6.07) is -1.09. The average molecular weight is 221 g/mol. The quantitative estimate of drug-likeness (QED) is 0.488. The Morgan fingerprint density at radius 3 is 2.57 bits per heavy atom. The molecule has 0 bridgehead atoms. The van der Waals surface area contributed by atoms with Gasteiger partial charge in [-0.3, -0.25) is 4.79 Å². The number of aliphatic hydroxyl groups excluding tert-OH is 1. The highest BCUT2D eigenvalue weighted by Gasteiger charge is 2.17. The lowest BCUT2D eigenvalue weighted by atomic mass is 10.2. The van der Waals surface area contributed by atoms with Crippen LogP contribution in [0.2, 0.25) is 0 Å². The summed E-state index contributed by atoms with van der Waals surface area (Å²) in [5.41, 5.74) is 0. The maximum Gasteiger partial charge on any atom is 0.326 e. The second kappa shape index (κ2) is 6.48. The van der Waals surface area contributed by atoms with Gasteiger partial charge >= 0.3 is 5.97 Å². The van der Waals surface area contributed by atoms with Gasteiger partial charge in [0.2, 0.25) is 5.91 Å². The van der Waals surface area contributed by atoms with Gasteiger partial charge in [0.1, 0.15) is 6.04 Å². The van der Waals surface area contributed by atoms with Crippen LogP contribution in [0.25, 0.3) is 0 Å². The molecule has 0 spiro atoms. The molecule has 6 nitrogen and oxygen atoms in total. The third-order valence-corrected chi connectivity index (χ3v) is 2.26. The predicted molar refractivity (Wildman–Crippen MR) is 49.9 cm³/mol. The van der Waals surface area contributed by atoms with Gasteiger partial charge in [0.25, 0.3) is 0 Å². The molecular weight excluding hydrogens is 209 g/mol. The zero-order valence-electron chi connectivity index (χ0n) is 7.64. The van der Waals surface area contributed by atoms with Gasteiger partial charge in [-0.25, -0.2) is 4.79 Å². The molecular formula is C7H12NO5P. The largest absolute Gasteiger partial charge is 0.629 e. The molecule has 14 heavy (non-hydrogen) atoms. The summed E-state index contributed by atoms with van der Waals surface area (Å²) >= 11 is 0. The molecule has 0 radical (unpaired) electrons. The normalized spacial score (nSPS) is 13.5. The van der Waals surface area contributed by atoms with Crippen molar-refractivity contribution in [1.29, 1.82) is 0 Å². The van der Waals surface area contributed by atoms with Crippen LogP contribution in [0.5, 0.6) is 0 Å². The fourth-order valence-corrected chi connectivity index (χ4v) is 1.31. The molecule has 0 aromatic carbocycles. The third kappa shape index (κ3) is 5.64. The molecule has 0 aromatic heterocycles. The average Bonchev–Trinajstić information content (AvgIpc) is 2.10. The van der Waals surface area contributed by atoms with Crippen molar-refractivity contribution in [3.05, 3.63) is 0 Å². The Labute approximate surface area is 82.0 Å². The van der Waals surface area contributed by atoms with Gasteiger partial charge in [0, 0.05) is 13.3 Å². The molecule has 0 saturated carbocycles. The molecule has 0 aliphatic heterocycles. The van der Waals surface area contributed by atoms with Crippen LogP contribution in [-0.4, -0.2) is 40.3 Å². The van der Waals surface area contributed by atoms with Crippen molar-refractivity contribution in [2.45, 2.75) is 19.4 Å². The van der Waals surface area contributed by atoms with Crippen molar-refractivity contribution in [3.63, 3.8) is 0 Å². The first-order chi connectivity index (χ1) is 6.47. The first-order valence-corrected chi connectivity index (χ1v) is 5.36. The van der Waals surface area contributed by atoms with E-state index in [-0.39, 0.29) is 6.42 Å². The van der Waals surface area contributed by atoms with Gasteiger partial charge in [0.15, 0.2) is 6.35 Å². The number of aliphatic carboxylic acids is 1. The molecule has 0 aliphatic carbocycles. The van der Waals surface area contributed by atoms with Crippen molar-refractivity contribution < 1.29 is 24.7 Å². The topological polar surface area (TPSA) is 110 Å². The Kier molecular flexibility index (Phi) is 6.03. The van der Waals surface area contributed by atoms with Crippen molar-refractivity contribution in [1.82, 2.24) is 5.32 Å². The van der Waals surface area contributed by atoms with Crippen LogP contribution in [0.3, 0.4) is 0 Å². The van der Waals surface area contributed by atoms with Crippen molar-refractivity contribution in [2.75, 3.05) is 6.35 Å². The SMILES string of the molecule is CC(=O)NC(CC=[P+]([O-])CO)C(=O)O. The number of aliphatic hydroxyl groups is 1. The molecule has 0 aliphatic rings. The van der Waals surface area contributed by atoms with E-state index in [9.17, 15) is 14.5 Å². The van der Waals surface area contributed by atoms with Crippen molar-refractivity contribution >= 4 is 25.4 Å². The van der Waals surface area contributed by atoms with Gasteiger partial charge < -0.3 is 20.4 Å². The molecule has 0 saturated heterocycles. The van der Waals surface area contributed by atoms with Gasteiger partial charge in [-0.05, 0) is 0 Å². The smallest absolute Gasteiger partial charge is 0.326 e. The highest BCUT2D eigenvalue weighted by molar-refractivity contribution is 7.49. The number of carboxylic acid groups (broad SMARTS) is 1. The van der Waals surface area contributed by atoms with Crippen LogP contribution < -0.4 is 10.2 Å². The molecule has 1 amide bonds. The molecule has 0 rings (SSSR count). The zero-order valence-corrected chi connectivity index (χ0v) is 8.53. The van der Waals surface area contributed by atoms with Crippen LogP contribution in [0.15, 0.2) is 0 Å². The summed E-state index contributed by atoms with van der Waals surface area (Å²) in [5, 5.41) is 19.2. The molecule has 0 heterocycles. The van der Waals surface area contributed by atoms with Gasteiger partial charge in [-0.1, -0.05) is 0 Å². The van der Waals surface area contributed by atoms with E-state index in [1.165, 1.54) is 12.7 Å². The van der Waals surface area contributed by atoms with Crippen molar-refractivity contribution in [3.8, 4) is 0 Å². The first kappa shape index (κ1) is 13.0. The lowest BCUT2D eigenvalue weighted by Gasteiger charge is -2.09. The number of amides is 1. The van der Waals surface area contributed by atoms with E-state index in [4.69, 9.17) is 10.2 Å². The molecule has 2 unspecified atom stereocenters. The number of rotatable bonds is 5. The molecule has 2 atom stereocenters. The van der Waals surface area contributed by atoms with Crippen LogP contribution in [0.4, 0.5) is 0 Å². The van der Waals surface area contributed by atoms with E-state index in [0.717, 1.165) is 0 Å². The molecule has 3 N–H and O–H groups in total. The van der Waals surface area contributed by atoms with Gasteiger partial charge in [0.05, 0.1) is 13.6 Å². The van der Waals surface area contributed by atoms with Crippen molar-refractivity contribution in [2.24, 2.45) is 0 Å². The Morgan fingerprint density at radius 1 is 1.64 bits per heavy atom. The Bertz CT molecular complexity index is 252. The highest BCUT2D eigenvalue weighted by Crippen LogP contribution is 2.07. The second-order valence-corrected chi connectivity index (χ2v) is 4.05. The minimum Gasteiger partial charge on any atom is -0.629 e. The summed E-state index contributed by atoms with van der Waals surface area (Å²) in [6.07, 6.45) is -0.577. The number of nitrogens with one attached hydrogen (secondary N) is 1. The van der Waals surface area contributed by atoms with E-state index < -0.39 is 32.0 Å². The number of carbonyl (C=O) groups is 2. The van der Waals surface area contributed by atoms with Gasteiger partial charge in [-0.15, -0.1) is 0 Å². The summed E-state index contributed by atoms with van der Waals surface area (Å²) in [7, 11) is -1.89. The molecule has 0 fully saturated rings. The Balaban J connectivity index is 4.24. The first-order valence-electron chi connectivity index (χ1n) is 3.85. The fourth-order valence-electron chi connectivity index (χ4n) is 0.748. The minimum atomic E-state index is -1.89. The van der Waals surface area contributed by atoms with E-state index in [2.05, 4.69) is 5.32 Å². The monoisotopic (exact) mass is 221 g/mol. The van der Waals surface area contributed by atoms with Crippen LogP contribution in [0.1, 0.15) is 13.3 Å². The maximum absolute atomic E-state index is 10.8. The molecule has 7 heteroatoms. The summed E-state index contributed by atoms with van der Waals surface area (Å²) in [4.78, 5) is 31.9. The van der Waals surface area contributed by atoms with Gasteiger partial charge in [-0.2, -0.15) is 0 Å². The van der Waals surface area contributed by atoms with E-state index in [0.29, 0.717) is 0 Å². The van der Waals surface area contributed by atoms with E-state index in [1.54, 1.807) is 0 Å². The zero-order chi connectivity index (χ0) is 11.1. The summed E-state index contributed by atoms with van der Waals surface area (Å²) in [6.45, 7) is 1.20. The highest BCUT2D eigenvalue weighted by atomic mass is 31.1. The van der Waals surface area contributed by atoms with Crippen LogP contribution >= 0.6 is 7.77 Å². The molecule has 0 aromatic rings. The predicted octanol–water partition coefficient (Wildman–Crippen LogP) is -1.52. The number of carbonyl (C=O) groups excluding carboxylic acids is 1. The lowest BCUT2D eigenvalue weighted by molar-refractivity contribution is -0.155. The third-order valence-electron chi connectivity index (χ3n) is 1.36. The van der Waals surface area contributed by atoms with Crippen LogP contribution in [-0.2, 0) is 9.59 Å². The fraction of sp³-hybridized carbons (Fsp3) is 0.571. The minimum absolute atomic E-state index is 0.0648. The maximum atomic E-state index is 10.8. The van der Waals surface area contributed by atoms with Crippen LogP contribution in [0, 0.1) is 0 Å². The summed E-state index contributed by atoms with van der Waals surface area (Å²) in [5.74, 6) is -0.479. The Morgan fingerprint density at radius 2 is 2.21 bits per heavy atom. The number of hydrogen-bond donors (Lipinski definition) is 3. The lowest BCUT2D eigenvalue weighted by Crippen LogP contribution is -2.39. The Hall–Kier alpha value is -0.970. The second-order valence-electron chi connectivity index (χ2n) is 2.57.